The van der Waals surface area contributed by atoms with Gasteiger partial charge in [-0.25, -0.2) is 4.79 Å². The van der Waals surface area contributed by atoms with Crippen LogP contribution in [0.25, 0.3) is 0 Å². The van der Waals surface area contributed by atoms with Crippen LogP contribution in [0.5, 0.6) is 0 Å². The molecule has 1 aromatic heterocycles. The molecule has 1 saturated heterocycles. The third-order valence-electron chi connectivity index (χ3n) is 2.89. The van der Waals surface area contributed by atoms with Crippen molar-refractivity contribution in [2.45, 2.75) is 24.5 Å². The maximum absolute atomic E-state index is 11.8. The number of aromatic nitrogens is 2. The van der Waals surface area contributed by atoms with E-state index in [9.17, 15) is 9.90 Å². The molecule has 100 valence electrons. The number of ether oxygens (including phenoxy) is 2. The van der Waals surface area contributed by atoms with Gasteiger partial charge in [0.25, 0.3) is 0 Å². The van der Waals surface area contributed by atoms with Crippen LogP contribution in [-0.4, -0.2) is 51.8 Å². The summed E-state index contributed by atoms with van der Waals surface area (Å²) >= 11 is 4.83. The Morgan fingerprint density at radius 3 is 2.94 bits per heavy atom. The number of aliphatic hydroxyl groups excluding tert-OH is 2. The normalized spacial score (nSPS) is 31.7. The maximum atomic E-state index is 11.8. The van der Waals surface area contributed by atoms with Crippen molar-refractivity contribution in [1.82, 2.24) is 9.55 Å². The summed E-state index contributed by atoms with van der Waals surface area (Å²) in [4.78, 5) is 14.2. The van der Waals surface area contributed by atoms with Crippen molar-refractivity contribution < 1.29 is 19.7 Å². The molecular formula is C10H14N2O5S. The van der Waals surface area contributed by atoms with E-state index in [4.69, 9.17) is 26.8 Å². The van der Waals surface area contributed by atoms with Crippen LogP contribution in [0.3, 0.4) is 0 Å². The number of rotatable bonds is 3. The fourth-order valence-corrected chi connectivity index (χ4v) is 2.12. The van der Waals surface area contributed by atoms with Gasteiger partial charge in [0.1, 0.15) is 23.0 Å². The molecule has 2 heterocycles. The van der Waals surface area contributed by atoms with E-state index in [1.165, 1.54) is 23.9 Å². The van der Waals surface area contributed by atoms with Gasteiger partial charge < -0.3 is 19.7 Å². The van der Waals surface area contributed by atoms with Crippen molar-refractivity contribution in [1.29, 1.82) is 0 Å². The van der Waals surface area contributed by atoms with E-state index < -0.39 is 30.2 Å². The van der Waals surface area contributed by atoms with Crippen molar-refractivity contribution in [2.75, 3.05) is 13.7 Å². The molecule has 7 nitrogen and oxygen atoms in total. The third-order valence-corrected chi connectivity index (χ3v) is 3.13. The lowest BCUT2D eigenvalue weighted by Crippen LogP contribution is -2.37. The number of methoxy groups -OCH3 is 1. The molecule has 1 aliphatic rings. The van der Waals surface area contributed by atoms with Gasteiger partial charge in [-0.1, -0.05) is 12.2 Å². The Hall–Kier alpha value is -1.06. The van der Waals surface area contributed by atoms with Crippen LogP contribution in [0, 0.1) is 4.64 Å². The van der Waals surface area contributed by atoms with E-state index in [0.29, 0.717) is 4.64 Å². The van der Waals surface area contributed by atoms with E-state index >= 15 is 0 Å². The van der Waals surface area contributed by atoms with Crippen molar-refractivity contribution in [3.05, 3.63) is 27.4 Å². The zero-order valence-electron chi connectivity index (χ0n) is 9.65. The molecule has 0 aliphatic carbocycles. The lowest BCUT2D eigenvalue weighted by molar-refractivity contribution is -0.0625. The Labute approximate surface area is 108 Å². The van der Waals surface area contributed by atoms with Gasteiger partial charge >= 0.3 is 5.69 Å². The van der Waals surface area contributed by atoms with Gasteiger partial charge in [-0.05, 0) is 6.07 Å². The van der Waals surface area contributed by atoms with Crippen LogP contribution in [0.15, 0.2) is 17.1 Å². The van der Waals surface area contributed by atoms with Gasteiger partial charge in [0.2, 0.25) is 0 Å². The SMILES string of the molecule is COC1C(O)[C@H](CO)O[C@@H]1n1ccc(=S)[nH]c1=O. The van der Waals surface area contributed by atoms with E-state index in [1.54, 1.807) is 0 Å². The van der Waals surface area contributed by atoms with Gasteiger partial charge in [0.05, 0.1) is 6.61 Å². The number of hydrogen-bond acceptors (Lipinski definition) is 6. The quantitative estimate of drug-likeness (QED) is 0.623. The fraction of sp³-hybridized carbons (Fsp3) is 0.600. The minimum absolute atomic E-state index is 0.308. The summed E-state index contributed by atoms with van der Waals surface area (Å²) in [5.74, 6) is 0. The maximum Gasteiger partial charge on any atom is 0.328 e. The standard InChI is InChI=1S/C10H14N2O5S/c1-16-8-7(14)5(4-13)17-9(8)12-3-2-6(18)11-10(12)15/h2-3,5,7-9,13-14H,4H2,1H3,(H,11,15,18)/t5-,7?,8?,9-/m0/s1. The van der Waals surface area contributed by atoms with Crippen LogP contribution in [-0.2, 0) is 9.47 Å². The van der Waals surface area contributed by atoms with Crippen molar-refractivity contribution in [3.63, 3.8) is 0 Å². The van der Waals surface area contributed by atoms with Crippen LogP contribution in [0.1, 0.15) is 6.23 Å². The van der Waals surface area contributed by atoms with Crippen molar-refractivity contribution >= 4 is 12.2 Å². The molecule has 0 saturated carbocycles. The molecule has 0 bridgehead atoms. The van der Waals surface area contributed by atoms with Gasteiger partial charge in [-0.2, -0.15) is 0 Å². The molecule has 18 heavy (non-hydrogen) atoms. The first-order chi connectivity index (χ1) is 8.58. The van der Waals surface area contributed by atoms with Crippen molar-refractivity contribution in [3.8, 4) is 0 Å². The third kappa shape index (κ3) is 2.25. The average molecular weight is 274 g/mol. The molecule has 8 heteroatoms. The van der Waals surface area contributed by atoms with Gasteiger partial charge in [0.15, 0.2) is 6.23 Å². The molecule has 0 radical (unpaired) electrons. The smallest absolute Gasteiger partial charge is 0.328 e. The lowest BCUT2D eigenvalue weighted by Gasteiger charge is -2.20. The highest BCUT2D eigenvalue weighted by molar-refractivity contribution is 7.71. The molecule has 3 N–H and O–H groups in total. The number of nitrogens with one attached hydrogen (secondary N) is 1. The highest BCUT2D eigenvalue weighted by Crippen LogP contribution is 2.29. The van der Waals surface area contributed by atoms with Gasteiger partial charge in [0, 0.05) is 13.3 Å². The van der Waals surface area contributed by atoms with Crippen LogP contribution < -0.4 is 5.69 Å². The fourth-order valence-electron chi connectivity index (χ4n) is 1.98. The Kier molecular flexibility index (Phi) is 3.93. The minimum Gasteiger partial charge on any atom is -0.394 e. The van der Waals surface area contributed by atoms with Crippen LogP contribution in [0.4, 0.5) is 0 Å². The summed E-state index contributed by atoms with van der Waals surface area (Å²) < 4.78 is 12.1. The monoisotopic (exact) mass is 274 g/mol. The number of aliphatic hydroxyl groups is 2. The van der Waals surface area contributed by atoms with E-state index in [0.717, 1.165) is 0 Å². The van der Waals surface area contributed by atoms with E-state index in [1.807, 2.05) is 0 Å². The highest BCUT2D eigenvalue weighted by atomic mass is 32.1. The minimum atomic E-state index is -1.000. The Morgan fingerprint density at radius 1 is 1.67 bits per heavy atom. The molecule has 2 rings (SSSR count). The highest BCUT2D eigenvalue weighted by Gasteiger charge is 2.44. The number of H-pyrrole nitrogens is 1. The second kappa shape index (κ2) is 5.29. The van der Waals surface area contributed by atoms with Crippen LogP contribution in [0.2, 0.25) is 0 Å². The van der Waals surface area contributed by atoms with E-state index in [-0.39, 0.29) is 6.61 Å². The summed E-state index contributed by atoms with van der Waals surface area (Å²) in [5.41, 5.74) is -0.458. The van der Waals surface area contributed by atoms with Gasteiger partial charge in [-0.3, -0.25) is 9.55 Å². The average Bonchev–Trinajstić information content (AvgIpc) is 2.65. The first kappa shape index (κ1) is 13.4. The summed E-state index contributed by atoms with van der Waals surface area (Å²) in [6.45, 7) is -0.352. The predicted octanol–water partition coefficient (Wildman–Crippen LogP) is -0.829. The molecular weight excluding hydrogens is 260 g/mol. The zero-order valence-corrected chi connectivity index (χ0v) is 10.5. The summed E-state index contributed by atoms with van der Waals surface area (Å²) in [7, 11) is 1.40. The summed E-state index contributed by atoms with van der Waals surface area (Å²) in [5, 5.41) is 18.9. The Bertz CT molecular complexity index is 527. The Morgan fingerprint density at radius 2 is 2.39 bits per heavy atom. The molecule has 4 atom stereocenters. The largest absolute Gasteiger partial charge is 0.394 e. The van der Waals surface area contributed by atoms with Crippen molar-refractivity contribution in [2.24, 2.45) is 0 Å². The molecule has 1 aromatic rings. The second-order valence-electron chi connectivity index (χ2n) is 3.96. The van der Waals surface area contributed by atoms with E-state index in [2.05, 4.69) is 4.98 Å². The zero-order chi connectivity index (χ0) is 13.3. The Balaban J connectivity index is 2.38. The van der Waals surface area contributed by atoms with Crippen LogP contribution >= 0.6 is 12.2 Å². The lowest BCUT2D eigenvalue weighted by atomic mass is 10.1. The first-order valence-electron chi connectivity index (χ1n) is 5.37. The summed E-state index contributed by atoms with van der Waals surface area (Å²) in [6.07, 6.45) is -1.86. The molecule has 0 amide bonds. The molecule has 0 aromatic carbocycles. The molecule has 2 unspecified atom stereocenters. The second-order valence-corrected chi connectivity index (χ2v) is 4.40. The number of aromatic amines is 1. The topological polar surface area (TPSA) is 96.7 Å². The summed E-state index contributed by atoms with van der Waals surface area (Å²) in [6, 6.07) is 1.53. The predicted molar refractivity (Wildman–Crippen MR) is 63.7 cm³/mol. The first-order valence-corrected chi connectivity index (χ1v) is 5.78. The molecule has 1 aliphatic heterocycles. The number of hydrogen-bond donors (Lipinski definition) is 3. The molecule has 0 spiro atoms. The number of nitrogens with zero attached hydrogens (tertiary/aromatic N) is 1. The molecule has 1 fully saturated rings. The van der Waals surface area contributed by atoms with Gasteiger partial charge in [-0.15, -0.1) is 0 Å².